The van der Waals surface area contributed by atoms with E-state index in [1.165, 1.54) is 17.1 Å². The molecule has 0 spiro atoms. The lowest BCUT2D eigenvalue weighted by Crippen LogP contribution is -2.39. The van der Waals surface area contributed by atoms with Crippen LogP contribution in [-0.2, 0) is 10.2 Å². The molecule has 3 N–H and O–H groups in total. The lowest BCUT2D eigenvalue weighted by molar-refractivity contribution is 0.451. The van der Waals surface area contributed by atoms with Gasteiger partial charge in [0.05, 0.1) is 0 Å². The molecule has 0 radical (unpaired) electrons. The second kappa shape index (κ2) is 6.54. The van der Waals surface area contributed by atoms with Crippen LogP contribution >= 0.6 is 0 Å². The second-order valence-electron chi connectivity index (χ2n) is 4.45. The van der Waals surface area contributed by atoms with Crippen molar-refractivity contribution in [3.63, 3.8) is 0 Å². The van der Waals surface area contributed by atoms with E-state index in [0.717, 1.165) is 18.8 Å². The minimum Gasteiger partial charge on any atom is -0.330 e. The molecular formula is C10H23N3O2S. The highest BCUT2D eigenvalue weighted by molar-refractivity contribution is 7.87. The van der Waals surface area contributed by atoms with E-state index >= 15 is 0 Å². The number of hydrogen-bond donors (Lipinski definition) is 2. The maximum Gasteiger partial charge on any atom is 0.279 e. The normalized spacial score (nSPS) is 16.9. The molecular weight excluding hydrogens is 226 g/mol. The summed E-state index contributed by atoms with van der Waals surface area (Å²) in [6.45, 7) is 1.54. The summed E-state index contributed by atoms with van der Waals surface area (Å²) in [5.41, 5.74) is 5.34. The van der Waals surface area contributed by atoms with Crippen LogP contribution in [0.25, 0.3) is 0 Å². The summed E-state index contributed by atoms with van der Waals surface area (Å²) in [5, 5.41) is 0. The second-order valence-corrected chi connectivity index (χ2v) is 6.31. The average molecular weight is 249 g/mol. The minimum atomic E-state index is -3.28. The van der Waals surface area contributed by atoms with Crippen molar-refractivity contribution in [3.05, 3.63) is 0 Å². The average Bonchev–Trinajstić information content (AvgIpc) is 3.04. The van der Waals surface area contributed by atoms with Crippen molar-refractivity contribution in [2.75, 3.05) is 26.7 Å². The molecule has 16 heavy (non-hydrogen) atoms. The van der Waals surface area contributed by atoms with Crippen LogP contribution in [0.2, 0.25) is 0 Å². The number of nitrogens with two attached hydrogens (primary N) is 1. The highest BCUT2D eigenvalue weighted by Crippen LogP contribution is 2.33. The molecule has 0 atom stereocenters. The highest BCUT2D eigenvalue weighted by Gasteiger charge is 2.21. The van der Waals surface area contributed by atoms with Gasteiger partial charge in [-0.05, 0) is 31.7 Å². The van der Waals surface area contributed by atoms with E-state index in [4.69, 9.17) is 5.73 Å². The summed E-state index contributed by atoms with van der Waals surface area (Å²) >= 11 is 0. The molecule has 0 aliphatic heterocycles. The van der Waals surface area contributed by atoms with Crippen LogP contribution in [0.15, 0.2) is 0 Å². The smallest absolute Gasteiger partial charge is 0.279 e. The van der Waals surface area contributed by atoms with Gasteiger partial charge in [0.2, 0.25) is 0 Å². The molecule has 0 saturated heterocycles. The molecule has 0 unspecified atom stereocenters. The van der Waals surface area contributed by atoms with Crippen LogP contribution < -0.4 is 10.5 Å². The lowest BCUT2D eigenvalue weighted by atomic mass is 10.2. The Kier molecular flexibility index (Phi) is 5.68. The molecule has 0 aromatic carbocycles. The van der Waals surface area contributed by atoms with Crippen LogP contribution in [0.3, 0.4) is 0 Å². The van der Waals surface area contributed by atoms with E-state index in [1.54, 1.807) is 7.05 Å². The van der Waals surface area contributed by atoms with Gasteiger partial charge in [0.1, 0.15) is 0 Å². The van der Waals surface area contributed by atoms with Crippen LogP contribution in [0.5, 0.6) is 0 Å². The van der Waals surface area contributed by atoms with Crippen LogP contribution in [0, 0.1) is 5.92 Å². The van der Waals surface area contributed by atoms with Gasteiger partial charge >= 0.3 is 0 Å². The van der Waals surface area contributed by atoms with E-state index in [1.807, 2.05) is 0 Å². The standard InChI is InChI=1S/C10H23N3O2S/c1-13(9-3-7-11)16(14,15)12-8-2-4-10-5-6-10/h10,12H,2-9,11H2,1H3. The zero-order valence-electron chi connectivity index (χ0n) is 9.98. The molecule has 96 valence electrons. The van der Waals surface area contributed by atoms with E-state index in [0.29, 0.717) is 26.1 Å². The van der Waals surface area contributed by atoms with Crippen molar-refractivity contribution in [1.82, 2.24) is 9.03 Å². The summed E-state index contributed by atoms with van der Waals surface area (Å²) in [7, 11) is -1.70. The molecule has 1 aliphatic carbocycles. The third-order valence-electron chi connectivity index (χ3n) is 2.86. The Bertz CT molecular complexity index is 288. The number of nitrogens with one attached hydrogen (secondary N) is 1. The van der Waals surface area contributed by atoms with Gasteiger partial charge in [0.25, 0.3) is 10.2 Å². The van der Waals surface area contributed by atoms with Crippen molar-refractivity contribution in [2.45, 2.75) is 32.1 Å². The van der Waals surface area contributed by atoms with Crippen molar-refractivity contribution in [2.24, 2.45) is 11.7 Å². The lowest BCUT2D eigenvalue weighted by Gasteiger charge is -2.17. The molecule has 1 rings (SSSR count). The Balaban J connectivity index is 2.15. The minimum absolute atomic E-state index is 0.481. The van der Waals surface area contributed by atoms with Gasteiger partial charge in [-0.3, -0.25) is 0 Å². The van der Waals surface area contributed by atoms with Gasteiger partial charge in [-0.2, -0.15) is 12.7 Å². The van der Waals surface area contributed by atoms with Crippen molar-refractivity contribution in [3.8, 4) is 0 Å². The quantitative estimate of drug-likeness (QED) is 0.577. The molecule has 0 aromatic heterocycles. The number of hydrogen-bond acceptors (Lipinski definition) is 3. The first kappa shape index (κ1) is 13.9. The van der Waals surface area contributed by atoms with E-state index in [2.05, 4.69) is 4.72 Å². The zero-order chi connectivity index (χ0) is 12.0. The fourth-order valence-corrected chi connectivity index (χ4v) is 2.53. The summed E-state index contributed by atoms with van der Waals surface area (Å²) in [6.07, 6.45) is 5.43. The van der Waals surface area contributed by atoms with Gasteiger partial charge in [-0.25, -0.2) is 4.72 Å². The topological polar surface area (TPSA) is 75.4 Å². The van der Waals surface area contributed by atoms with Crippen molar-refractivity contribution < 1.29 is 8.42 Å². The van der Waals surface area contributed by atoms with Crippen molar-refractivity contribution >= 4 is 10.2 Å². The third-order valence-corrected chi connectivity index (χ3v) is 4.43. The molecule has 6 heteroatoms. The van der Waals surface area contributed by atoms with Crippen molar-refractivity contribution in [1.29, 1.82) is 0 Å². The molecule has 0 amide bonds. The van der Waals surface area contributed by atoms with Crippen LogP contribution in [0.4, 0.5) is 0 Å². The Hall–Kier alpha value is -0.170. The predicted octanol–water partition coefficient (Wildman–Crippen LogP) is 0.292. The first-order valence-corrected chi connectivity index (χ1v) is 7.41. The van der Waals surface area contributed by atoms with Gasteiger partial charge in [0.15, 0.2) is 0 Å². The first-order chi connectivity index (χ1) is 7.56. The number of nitrogens with zero attached hydrogens (tertiary/aromatic N) is 1. The maximum atomic E-state index is 11.7. The molecule has 0 bridgehead atoms. The van der Waals surface area contributed by atoms with Crippen LogP contribution in [-0.4, -0.2) is 39.4 Å². The maximum absolute atomic E-state index is 11.7. The Morgan fingerprint density at radius 2 is 2.06 bits per heavy atom. The summed E-state index contributed by atoms with van der Waals surface area (Å²) in [6, 6.07) is 0. The van der Waals surface area contributed by atoms with E-state index < -0.39 is 10.2 Å². The molecule has 0 aromatic rings. The van der Waals surface area contributed by atoms with Gasteiger partial charge in [0, 0.05) is 20.1 Å². The summed E-state index contributed by atoms with van der Waals surface area (Å²) in [5.74, 6) is 0.861. The largest absolute Gasteiger partial charge is 0.330 e. The van der Waals surface area contributed by atoms with Crippen LogP contribution in [0.1, 0.15) is 32.1 Å². The van der Waals surface area contributed by atoms with E-state index in [9.17, 15) is 8.42 Å². The molecule has 1 saturated carbocycles. The third kappa shape index (κ3) is 5.25. The van der Waals surface area contributed by atoms with Gasteiger partial charge < -0.3 is 5.73 Å². The Morgan fingerprint density at radius 1 is 1.38 bits per heavy atom. The molecule has 0 heterocycles. The molecule has 1 aliphatic rings. The fraction of sp³-hybridized carbons (Fsp3) is 1.00. The van der Waals surface area contributed by atoms with Gasteiger partial charge in [-0.15, -0.1) is 0 Å². The predicted molar refractivity (Wildman–Crippen MR) is 65.2 cm³/mol. The fourth-order valence-electron chi connectivity index (χ4n) is 1.54. The summed E-state index contributed by atoms with van der Waals surface area (Å²) in [4.78, 5) is 0. The summed E-state index contributed by atoms with van der Waals surface area (Å²) < 4.78 is 27.3. The Morgan fingerprint density at radius 3 is 2.62 bits per heavy atom. The Labute approximate surface area is 98.6 Å². The van der Waals surface area contributed by atoms with E-state index in [-0.39, 0.29) is 0 Å². The first-order valence-electron chi connectivity index (χ1n) is 5.97. The molecule has 5 nitrogen and oxygen atoms in total. The zero-order valence-corrected chi connectivity index (χ0v) is 10.8. The SMILES string of the molecule is CN(CCCN)S(=O)(=O)NCCCC1CC1. The highest BCUT2D eigenvalue weighted by atomic mass is 32.2. The van der Waals surface area contributed by atoms with Gasteiger partial charge in [-0.1, -0.05) is 12.8 Å². The monoisotopic (exact) mass is 249 g/mol. The molecule has 1 fully saturated rings. The number of rotatable bonds is 9.